The third-order valence-corrected chi connectivity index (χ3v) is 1.58. The van der Waals surface area contributed by atoms with Crippen LogP contribution in [0.2, 0.25) is 0 Å². The Morgan fingerprint density at radius 2 is 1.76 bits per heavy atom. The number of amides is 1. The monoisotopic (exact) mass is 241 g/mol. The van der Waals surface area contributed by atoms with Gasteiger partial charge in [-0.1, -0.05) is 5.92 Å². The first-order chi connectivity index (χ1) is 7.52. The van der Waals surface area contributed by atoms with E-state index in [2.05, 4.69) is 11.2 Å². The Bertz CT molecular complexity index is 355. The molecule has 0 unspecified atom stereocenters. The van der Waals surface area contributed by atoms with Gasteiger partial charge in [-0.3, -0.25) is 0 Å². The van der Waals surface area contributed by atoms with Crippen molar-refractivity contribution in [1.29, 1.82) is 0 Å². The van der Waals surface area contributed by atoms with Gasteiger partial charge in [-0.15, -0.1) is 0 Å². The van der Waals surface area contributed by atoms with Crippen LogP contribution in [0, 0.1) is 17.3 Å². The summed E-state index contributed by atoms with van der Waals surface area (Å²) < 4.78 is 5.04. The molecule has 0 aromatic rings. The second kappa shape index (κ2) is 5.58. The molecule has 0 aliphatic carbocycles. The topological polar surface area (TPSA) is 75.6 Å². The van der Waals surface area contributed by atoms with E-state index < -0.39 is 23.1 Å². The summed E-state index contributed by atoms with van der Waals surface area (Å²) in [6, 6.07) is 0. The number of carboxylic acid groups (broad SMARTS) is 1. The lowest BCUT2D eigenvalue weighted by Crippen LogP contribution is -2.37. The van der Waals surface area contributed by atoms with Gasteiger partial charge in [0.05, 0.1) is 0 Å². The predicted octanol–water partition coefficient (Wildman–Crippen LogP) is 1.63. The summed E-state index contributed by atoms with van der Waals surface area (Å²) >= 11 is 0. The van der Waals surface area contributed by atoms with E-state index in [0.29, 0.717) is 0 Å². The molecule has 0 atom stereocenters. The molecule has 2 N–H and O–H groups in total. The number of hydrogen-bond donors (Lipinski definition) is 2. The Labute approximate surface area is 102 Å². The standard InChI is InChI=1S/C12H19NO4/c1-11(2,3)17-10(16)13-8-12(4,5)7-6-9(14)15/h8H2,1-5H3,(H,13,16)(H,14,15). The van der Waals surface area contributed by atoms with E-state index in [0.717, 1.165) is 0 Å². The van der Waals surface area contributed by atoms with Crippen LogP contribution in [0.3, 0.4) is 0 Å². The van der Waals surface area contributed by atoms with Gasteiger partial charge in [0.25, 0.3) is 0 Å². The highest BCUT2D eigenvalue weighted by atomic mass is 16.6. The van der Waals surface area contributed by atoms with Crippen molar-refractivity contribution in [2.75, 3.05) is 6.54 Å². The molecule has 96 valence electrons. The molecule has 0 fully saturated rings. The number of carboxylic acids is 1. The second-order valence-electron chi connectivity index (χ2n) is 5.29. The maximum Gasteiger partial charge on any atom is 0.407 e. The summed E-state index contributed by atoms with van der Waals surface area (Å²) in [6.07, 6.45) is -0.539. The van der Waals surface area contributed by atoms with E-state index >= 15 is 0 Å². The van der Waals surface area contributed by atoms with Gasteiger partial charge in [0.15, 0.2) is 0 Å². The van der Waals surface area contributed by atoms with Crippen molar-refractivity contribution < 1.29 is 19.4 Å². The molecule has 5 nitrogen and oxygen atoms in total. The summed E-state index contributed by atoms with van der Waals surface area (Å²) in [4.78, 5) is 21.6. The maximum atomic E-state index is 11.3. The number of carbonyl (C=O) groups excluding carboxylic acids is 1. The van der Waals surface area contributed by atoms with Gasteiger partial charge in [-0.05, 0) is 34.6 Å². The minimum absolute atomic E-state index is 0.224. The van der Waals surface area contributed by atoms with E-state index in [1.165, 1.54) is 0 Å². The SMILES string of the molecule is CC(C)(C#CC(=O)O)CNC(=O)OC(C)(C)C. The van der Waals surface area contributed by atoms with Gasteiger partial charge in [-0.25, -0.2) is 9.59 Å². The summed E-state index contributed by atoms with van der Waals surface area (Å²) in [7, 11) is 0. The molecular formula is C12H19NO4. The Hall–Kier alpha value is -1.70. The lowest BCUT2D eigenvalue weighted by Gasteiger charge is -2.22. The van der Waals surface area contributed by atoms with E-state index in [1.807, 2.05) is 5.92 Å². The Kier molecular flexibility index (Phi) is 5.02. The molecule has 17 heavy (non-hydrogen) atoms. The molecule has 0 aliphatic heterocycles. The van der Waals surface area contributed by atoms with Crippen LogP contribution in [0.1, 0.15) is 34.6 Å². The molecule has 0 radical (unpaired) electrons. The van der Waals surface area contributed by atoms with Crippen LogP contribution in [0.15, 0.2) is 0 Å². The first-order valence-electron chi connectivity index (χ1n) is 5.25. The van der Waals surface area contributed by atoms with E-state index in [-0.39, 0.29) is 6.54 Å². The van der Waals surface area contributed by atoms with E-state index in [9.17, 15) is 9.59 Å². The third-order valence-electron chi connectivity index (χ3n) is 1.58. The molecule has 0 spiro atoms. The molecule has 5 heteroatoms. The zero-order valence-corrected chi connectivity index (χ0v) is 10.9. The van der Waals surface area contributed by atoms with Crippen LogP contribution in [0.25, 0.3) is 0 Å². The van der Waals surface area contributed by atoms with Crippen LogP contribution in [0.5, 0.6) is 0 Å². The summed E-state index contributed by atoms with van der Waals surface area (Å²) in [5, 5.41) is 11.0. The highest BCUT2D eigenvalue weighted by molar-refractivity contribution is 5.86. The van der Waals surface area contributed by atoms with Gasteiger partial charge in [0, 0.05) is 17.9 Å². The van der Waals surface area contributed by atoms with Crippen LogP contribution in [-0.4, -0.2) is 29.3 Å². The smallest absolute Gasteiger partial charge is 0.407 e. The maximum absolute atomic E-state index is 11.3. The average Bonchev–Trinajstić information content (AvgIpc) is 2.09. The first-order valence-corrected chi connectivity index (χ1v) is 5.25. The molecule has 1 amide bonds. The second-order valence-corrected chi connectivity index (χ2v) is 5.29. The molecule has 0 aromatic heterocycles. The quantitative estimate of drug-likeness (QED) is 0.720. The molecule has 0 bridgehead atoms. The van der Waals surface area contributed by atoms with Crippen molar-refractivity contribution in [2.24, 2.45) is 5.41 Å². The minimum atomic E-state index is -1.18. The van der Waals surface area contributed by atoms with Crippen LogP contribution in [-0.2, 0) is 9.53 Å². The Morgan fingerprint density at radius 1 is 1.24 bits per heavy atom. The highest BCUT2D eigenvalue weighted by Gasteiger charge is 2.20. The number of alkyl carbamates (subject to hydrolysis) is 1. The average molecular weight is 241 g/mol. The molecule has 0 saturated carbocycles. The number of aliphatic carboxylic acids is 1. The number of rotatable bonds is 2. The Morgan fingerprint density at radius 3 is 2.18 bits per heavy atom. The summed E-state index contributed by atoms with van der Waals surface area (Å²) in [5.74, 6) is 3.40. The predicted molar refractivity (Wildman–Crippen MR) is 63.4 cm³/mol. The largest absolute Gasteiger partial charge is 0.472 e. The zero-order chi connectivity index (χ0) is 13.7. The zero-order valence-electron chi connectivity index (χ0n) is 10.9. The molecule has 0 heterocycles. The molecule has 0 rings (SSSR count). The fourth-order valence-corrected chi connectivity index (χ4v) is 0.874. The highest BCUT2D eigenvalue weighted by Crippen LogP contribution is 2.12. The first kappa shape index (κ1) is 15.3. The molecule has 0 saturated heterocycles. The van der Waals surface area contributed by atoms with Crippen molar-refractivity contribution in [2.45, 2.75) is 40.2 Å². The van der Waals surface area contributed by atoms with Crippen LogP contribution >= 0.6 is 0 Å². The lowest BCUT2D eigenvalue weighted by molar-refractivity contribution is -0.130. The van der Waals surface area contributed by atoms with Gasteiger partial charge in [0.2, 0.25) is 0 Å². The van der Waals surface area contributed by atoms with Crippen molar-refractivity contribution in [3.63, 3.8) is 0 Å². The van der Waals surface area contributed by atoms with Crippen molar-refractivity contribution in [1.82, 2.24) is 5.32 Å². The minimum Gasteiger partial charge on any atom is -0.472 e. The van der Waals surface area contributed by atoms with Crippen LogP contribution in [0.4, 0.5) is 4.79 Å². The molecular weight excluding hydrogens is 222 g/mol. The normalized spacial score (nSPS) is 11.1. The van der Waals surface area contributed by atoms with E-state index in [4.69, 9.17) is 9.84 Å². The van der Waals surface area contributed by atoms with Crippen molar-refractivity contribution in [3.8, 4) is 11.8 Å². The van der Waals surface area contributed by atoms with Crippen molar-refractivity contribution >= 4 is 12.1 Å². The molecule has 0 aromatic carbocycles. The van der Waals surface area contributed by atoms with Crippen LogP contribution < -0.4 is 5.32 Å². The Balaban J connectivity index is 4.25. The van der Waals surface area contributed by atoms with Gasteiger partial charge < -0.3 is 15.2 Å². The number of hydrogen-bond acceptors (Lipinski definition) is 3. The summed E-state index contributed by atoms with van der Waals surface area (Å²) in [6.45, 7) is 8.99. The van der Waals surface area contributed by atoms with Gasteiger partial charge >= 0.3 is 12.1 Å². The number of nitrogens with one attached hydrogen (secondary N) is 1. The number of ether oxygens (including phenoxy) is 1. The number of carbonyl (C=O) groups is 2. The van der Waals surface area contributed by atoms with E-state index in [1.54, 1.807) is 34.6 Å². The van der Waals surface area contributed by atoms with Gasteiger partial charge in [0.1, 0.15) is 5.60 Å². The third kappa shape index (κ3) is 9.24. The fourth-order valence-electron chi connectivity index (χ4n) is 0.874. The molecule has 0 aliphatic rings. The summed E-state index contributed by atoms with van der Waals surface area (Å²) in [5.41, 5.74) is -1.17. The lowest BCUT2D eigenvalue weighted by atomic mass is 9.94. The fraction of sp³-hybridized carbons (Fsp3) is 0.667. The van der Waals surface area contributed by atoms with Gasteiger partial charge in [-0.2, -0.15) is 0 Å². The van der Waals surface area contributed by atoms with Crippen molar-refractivity contribution in [3.05, 3.63) is 0 Å².